The standard InChI is InChI=1S/C17H20N4O4/c1-11-16(18-19-21(11)12-6-4-3-5-7-12)17(24)20-10-14(25-2)8-13(20)9-15(22)23/h3-7,13-14H,8-10H2,1-2H3,(H,22,23). The SMILES string of the molecule is COC1CC(CC(=O)O)N(C(=O)c2nnn(-c3ccccc3)c2C)C1. The minimum Gasteiger partial charge on any atom is -0.481 e. The van der Waals surface area contributed by atoms with Gasteiger partial charge in [-0.1, -0.05) is 23.4 Å². The van der Waals surface area contributed by atoms with Gasteiger partial charge in [0, 0.05) is 19.7 Å². The van der Waals surface area contributed by atoms with Gasteiger partial charge in [0.1, 0.15) is 0 Å². The van der Waals surface area contributed by atoms with Crippen LogP contribution in [0.4, 0.5) is 0 Å². The predicted molar refractivity (Wildman–Crippen MR) is 88.6 cm³/mol. The number of hydrogen-bond acceptors (Lipinski definition) is 5. The molecule has 2 aromatic rings. The molecule has 3 rings (SSSR count). The Hall–Kier alpha value is -2.74. The number of hydrogen-bond donors (Lipinski definition) is 1. The highest BCUT2D eigenvalue weighted by Crippen LogP contribution is 2.25. The molecule has 1 saturated heterocycles. The third kappa shape index (κ3) is 3.39. The average molecular weight is 344 g/mol. The van der Waals surface area contributed by atoms with E-state index in [4.69, 9.17) is 9.84 Å². The molecule has 0 radical (unpaired) electrons. The molecule has 2 atom stereocenters. The lowest BCUT2D eigenvalue weighted by Crippen LogP contribution is -2.38. The van der Waals surface area contributed by atoms with E-state index in [0.717, 1.165) is 5.69 Å². The number of rotatable bonds is 5. The number of likely N-dealkylation sites (tertiary alicyclic amines) is 1. The highest BCUT2D eigenvalue weighted by molar-refractivity contribution is 5.94. The van der Waals surface area contributed by atoms with E-state index in [9.17, 15) is 9.59 Å². The Balaban J connectivity index is 1.87. The molecule has 1 amide bonds. The van der Waals surface area contributed by atoms with Crippen molar-refractivity contribution < 1.29 is 19.4 Å². The van der Waals surface area contributed by atoms with Gasteiger partial charge in [0.25, 0.3) is 5.91 Å². The zero-order valence-electron chi connectivity index (χ0n) is 14.1. The summed E-state index contributed by atoms with van der Waals surface area (Å²) < 4.78 is 6.92. The van der Waals surface area contributed by atoms with E-state index in [1.807, 2.05) is 30.3 Å². The summed E-state index contributed by atoms with van der Waals surface area (Å²) in [7, 11) is 1.56. The Morgan fingerprint density at radius 2 is 2.04 bits per heavy atom. The number of para-hydroxylation sites is 1. The highest BCUT2D eigenvalue weighted by Gasteiger charge is 2.38. The largest absolute Gasteiger partial charge is 0.481 e. The van der Waals surface area contributed by atoms with Gasteiger partial charge in [0.2, 0.25) is 0 Å². The number of methoxy groups -OCH3 is 1. The fourth-order valence-corrected chi connectivity index (χ4v) is 3.17. The van der Waals surface area contributed by atoms with Crippen LogP contribution in [0, 0.1) is 6.92 Å². The van der Waals surface area contributed by atoms with Crippen molar-refractivity contribution in [3.8, 4) is 5.69 Å². The van der Waals surface area contributed by atoms with Gasteiger partial charge in [-0.2, -0.15) is 0 Å². The molecule has 2 unspecified atom stereocenters. The van der Waals surface area contributed by atoms with Gasteiger partial charge < -0.3 is 14.7 Å². The third-order valence-electron chi connectivity index (χ3n) is 4.48. The lowest BCUT2D eigenvalue weighted by atomic mass is 10.1. The van der Waals surface area contributed by atoms with E-state index < -0.39 is 12.0 Å². The van der Waals surface area contributed by atoms with Crippen molar-refractivity contribution in [1.82, 2.24) is 19.9 Å². The van der Waals surface area contributed by atoms with Crippen LogP contribution in [0.5, 0.6) is 0 Å². The van der Waals surface area contributed by atoms with Gasteiger partial charge in [-0.25, -0.2) is 4.68 Å². The topological polar surface area (TPSA) is 97.6 Å². The second kappa shape index (κ2) is 7.02. The summed E-state index contributed by atoms with van der Waals surface area (Å²) >= 11 is 0. The highest BCUT2D eigenvalue weighted by atomic mass is 16.5. The Labute approximate surface area is 145 Å². The van der Waals surface area contributed by atoms with Crippen molar-refractivity contribution >= 4 is 11.9 Å². The minimum absolute atomic E-state index is 0.114. The molecule has 132 valence electrons. The molecule has 0 spiro atoms. The van der Waals surface area contributed by atoms with Crippen LogP contribution in [-0.2, 0) is 9.53 Å². The number of ether oxygens (including phenoxy) is 1. The molecule has 0 bridgehead atoms. The molecule has 1 aromatic carbocycles. The van der Waals surface area contributed by atoms with E-state index in [1.165, 1.54) is 4.90 Å². The maximum atomic E-state index is 12.9. The number of carboxylic acids is 1. The third-order valence-corrected chi connectivity index (χ3v) is 4.48. The summed E-state index contributed by atoms with van der Waals surface area (Å²) in [6.45, 7) is 2.13. The predicted octanol–water partition coefficient (Wildman–Crippen LogP) is 1.28. The molecule has 1 fully saturated rings. The molecule has 1 aliphatic heterocycles. The van der Waals surface area contributed by atoms with Crippen molar-refractivity contribution in [3.05, 3.63) is 41.7 Å². The monoisotopic (exact) mass is 344 g/mol. The number of carbonyl (C=O) groups is 2. The molecule has 8 nitrogen and oxygen atoms in total. The van der Waals surface area contributed by atoms with Crippen molar-refractivity contribution in [3.63, 3.8) is 0 Å². The molecule has 8 heteroatoms. The second-order valence-electron chi connectivity index (χ2n) is 6.07. The van der Waals surface area contributed by atoms with Gasteiger partial charge in [0.15, 0.2) is 5.69 Å². The lowest BCUT2D eigenvalue weighted by Gasteiger charge is -2.22. The molecule has 1 aromatic heterocycles. The summed E-state index contributed by atoms with van der Waals surface area (Å²) in [5.74, 6) is -1.25. The Morgan fingerprint density at radius 1 is 1.32 bits per heavy atom. The number of carbonyl (C=O) groups excluding carboxylic acids is 1. The van der Waals surface area contributed by atoms with Crippen molar-refractivity contribution in [2.75, 3.05) is 13.7 Å². The van der Waals surface area contributed by atoms with Crippen LogP contribution < -0.4 is 0 Å². The maximum absolute atomic E-state index is 12.9. The van der Waals surface area contributed by atoms with Crippen molar-refractivity contribution in [2.24, 2.45) is 0 Å². The van der Waals surface area contributed by atoms with Gasteiger partial charge in [-0.15, -0.1) is 5.10 Å². The van der Waals surface area contributed by atoms with Crippen LogP contribution >= 0.6 is 0 Å². The Morgan fingerprint density at radius 3 is 2.68 bits per heavy atom. The Kier molecular flexibility index (Phi) is 4.80. The van der Waals surface area contributed by atoms with Crippen molar-refractivity contribution in [1.29, 1.82) is 0 Å². The van der Waals surface area contributed by atoms with E-state index in [-0.39, 0.29) is 24.1 Å². The van der Waals surface area contributed by atoms with Crippen LogP contribution in [0.3, 0.4) is 0 Å². The van der Waals surface area contributed by atoms with E-state index in [0.29, 0.717) is 18.7 Å². The number of nitrogens with zero attached hydrogens (tertiary/aromatic N) is 4. The lowest BCUT2D eigenvalue weighted by molar-refractivity contribution is -0.138. The molecule has 2 heterocycles. The van der Waals surface area contributed by atoms with Crippen LogP contribution in [0.15, 0.2) is 30.3 Å². The summed E-state index contributed by atoms with van der Waals surface area (Å²) in [6, 6.07) is 9.00. The summed E-state index contributed by atoms with van der Waals surface area (Å²) in [6.07, 6.45) is 0.218. The molecule has 1 N–H and O–H groups in total. The van der Waals surface area contributed by atoms with Gasteiger partial charge >= 0.3 is 5.97 Å². The molecular formula is C17H20N4O4. The van der Waals surface area contributed by atoms with Crippen LogP contribution in [0.25, 0.3) is 5.69 Å². The van der Waals surface area contributed by atoms with Gasteiger partial charge in [0.05, 0.1) is 23.9 Å². The van der Waals surface area contributed by atoms with Crippen molar-refractivity contribution in [2.45, 2.75) is 31.9 Å². The zero-order valence-corrected chi connectivity index (χ0v) is 14.1. The first-order chi connectivity index (χ1) is 12.0. The average Bonchev–Trinajstić information content (AvgIpc) is 3.18. The van der Waals surface area contributed by atoms with Gasteiger partial charge in [-0.3, -0.25) is 9.59 Å². The maximum Gasteiger partial charge on any atom is 0.305 e. The number of carboxylic acid groups (broad SMARTS) is 1. The molecular weight excluding hydrogens is 324 g/mol. The number of aliphatic carboxylic acids is 1. The quantitative estimate of drug-likeness (QED) is 0.877. The first-order valence-electron chi connectivity index (χ1n) is 8.04. The van der Waals surface area contributed by atoms with Crippen LogP contribution in [0.1, 0.15) is 29.0 Å². The fourth-order valence-electron chi connectivity index (χ4n) is 3.17. The van der Waals surface area contributed by atoms with E-state index >= 15 is 0 Å². The minimum atomic E-state index is -0.941. The summed E-state index contributed by atoms with van der Waals surface area (Å²) in [5, 5.41) is 17.2. The Bertz CT molecular complexity index is 774. The summed E-state index contributed by atoms with van der Waals surface area (Å²) in [4.78, 5) is 25.6. The number of amides is 1. The second-order valence-corrected chi connectivity index (χ2v) is 6.07. The normalized spacial score (nSPS) is 20.0. The van der Waals surface area contributed by atoms with Crippen LogP contribution in [-0.4, -0.2) is 62.7 Å². The number of benzene rings is 1. The first kappa shape index (κ1) is 17.1. The van der Waals surface area contributed by atoms with E-state index in [2.05, 4.69) is 10.3 Å². The zero-order chi connectivity index (χ0) is 18.0. The molecule has 1 aliphatic rings. The van der Waals surface area contributed by atoms with E-state index in [1.54, 1.807) is 18.7 Å². The molecule has 25 heavy (non-hydrogen) atoms. The first-order valence-corrected chi connectivity index (χ1v) is 8.04. The van der Waals surface area contributed by atoms with Gasteiger partial charge in [-0.05, 0) is 25.5 Å². The molecule has 0 aliphatic carbocycles. The van der Waals surface area contributed by atoms with Crippen LogP contribution in [0.2, 0.25) is 0 Å². The molecule has 0 saturated carbocycles. The number of aromatic nitrogens is 3. The smallest absolute Gasteiger partial charge is 0.305 e. The summed E-state index contributed by atoms with van der Waals surface area (Å²) in [5.41, 5.74) is 1.66. The fraction of sp³-hybridized carbons (Fsp3) is 0.412.